The summed E-state index contributed by atoms with van der Waals surface area (Å²) >= 11 is 0. The average Bonchev–Trinajstić information content (AvgIpc) is 2.48. The second-order valence-electron chi connectivity index (χ2n) is 4.32. The fourth-order valence-electron chi connectivity index (χ4n) is 1.81. The molecule has 2 N–H and O–H groups in total. The van der Waals surface area contributed by atoms with Crippen molar-refractivity contribution < 1.29 is 14.3 Å². The molecule has 0 aromatic heterocycles. The molecule has 0 fully saturated rings. The summed E-state index contributed by atoms with van der Waals surface area (Å²) in [5.74, 6) is 0.416. The molecule has 104 valence electrons. The number of hydrogen-bond acceptors (Lipinski definition) is 4. The Balaban J connectivity index is 1.86. The van der Waals surface area contributed by atoms with E-state index in [0.717, 1.165) is 11.3 Å². The molecule has 0 aliphatic rings. The van der Waals surface area contributed by atoms with Crippen molar-refractivity contribution in [2.75, 3.05) is 19.5 Å². The lowest BCUT2D eigenvalue weighted by molar-refractivity contribution is 0.0510. The number of nitrogens with two attached hydrogens (primary N) is 1. The molecule has 4 heteroatoms. The molecule has 0 radical (unpaired) electrons. The van der Waals surface area contributed by atoms with Gasteiger partial charge in [0.15, 0.2) is 0 Å². The Morgan fingerprint density at radius 1 is 1.10 bits per heavy atom. The Bertz CT molecular complexity index is 579. The Labute approximate surface area is 118 Å². The zero-order chi connectivity index (χ0) is 14.4. The molecule has 0 saturated heterocycles. The highest BCUT2D eigenvalue weighted by atomic mass is 16.5. The predicted octanol–water partition coefficient (Wildman–Crippen LogP) is 2.68. The standard InChI is InChI=1S/C16H17NO3/c1-19-13-8-6-12(7-9-13)10-11-20-16(18)14-4-2-3-5-15(14)17/h2-9H,10-11,17H2,1H3. The maximum absolute atomic E-state index is 11.8. The highest BCUT2D eigenvalue weighted by Gasteiger charge is 2.09. The normalized spacial score (nSPS) is 10.1. The Hall–Kier alpha value is -2.49. The first-order chi connectivity index (χ1) is 9.70. The van der Waals surface area contributed by atoms with Crippen molar-refractivity contribution in [1.82, 2.24) is 0 Å². The maximum Gasteiger partial charge on any atom is 0.340 e. The fourth-order valence-corrected chi connectivity index (χ4v) is 1.81. The van der Waals surface area contributed by atoms with Gasteiger partial charge in [0.2, 0.25) is 0 Å². The smallest absolute Gasteiger partial charge is 0.340 e. The topological polar surface area (TPSA) is 61.5 Å². The minimum Gasteiger partial charge on any atom is -0.497 e. The molecular formula is C16H17NO3. The van der Waals surface area contributed by atoms with Crippen LogP contribution < -0.4 is 10.5 Å². The van der Waals surface area contributed by atoms with Gasteiger partial charge in [0, 0.05) is 12.1 Å². The van der Waals surface area contributed by atoms with Crippen LogP contribution in [0.4, 0.5) is 5.69 Å². The third-order valence-electron chi connectivity index (χ3n) is 2.96. The van der Waals surface area contributed by atoms with Crippen molar-refractivity contribution in [2.45, 2.75) is 6.42 Å². The van der Waals surface area contributed by atoms with Crippen LogP contribution in [0.25, 0.3) is 0 Å². The first-order valence-corrected chi connectivity index (χ1v) is 6.35. The first kappa shape index (κ1) is 13.9. The summed E-state index contributed by atoms with van der Waals surface area (Å²) in [4.78, 5) is 11.8. The molecule has 20 heavy (non-hydrogen) atoms. The summed E-state index contributed by atoms with van der Waals surface area (Å²) in [6.45, 7) is 0.319. The van der Waals surface area contributed by atoms with Crippen LogP contribution >= 0.6 is 0 Å². The van der Waals surface area contributed by atoms with Gasteiger partial charge in [0.1, 0.15) is 5.75 Å². The zero-order valence-electron chi connectivity index (χ0n) is 11.3. The van der Waals surface area contributed by atoms with E-state index in [1.807, 2.05) is 24.3 Å². The van der Waals surface area contributed by atoms with Crippen molar-refractivity contribution >= 4 is 11.7 Å². The molecule has 2 rings (SSSR count). The number of carbonyl (C=O) groups is 1. The molecule has 0 saturated carbocycles. The average molecular weight is 271 g/mol. The lowest BCUT2D eigenvalue weighted by Crippen LogP contribution is -2.10. The van der Waals surface area contributed by atoms with E-state index in [9.17, 15) is 4.79 Å². The molecule has 4 nitrogen and oxygen atoms in total. The van der Waals surface area contributed by atoms with Gasteiger partial charge in [-0.15, -0.1) is 0 Å². The number of para-hydroxylation sites is 1. The fraction of sp³-hybridized carbons (Fsp3) is 0.188. The van der Waals surface area contributed by atoms with Crippen molar-refractivity contribution in [3.63, 3.8) is 0 Å². The maximum atomic E-state index is 11.8. The Morgan fingerprint density at radius 2 is 1.80 bits per heavy atom. The summed E-state index contributed by atoms with van der Waals surface area (Å²) in [5, 5.41) is 0. The van der Waals surface area contributed by atoms with Gasteiger partial charge in [-0.3, -0.25) is 0 Å². The number of esters is 1. The van der Waals surface area contributed by atoms with Gasteiger partial charge in [-0.1, -0.05) is 24.3 Å². The number of anilines is 1. The van der Waals surface area contributed by atoms with Crippen LogP contribution in [0.3, 0.4) is 0 Å². The van der Waals surface area contributed by atoms with Gasteiger partial charge < -0.3 is 15.2 Å². The van der Waals surface area contributed by atoms with E-state index in [0.29, 0.717) is 24.3 Å². The van der Waals surface area contributed by atoms with E-state index >= 15 is 0 Å². The largest absolute Gasteiger partial charge is 0.497 e. The van der Waals surface area contributed by atoms with Crippen LogP contribution in [0, 0.1) is 0 Å². The summed E-state index contributed by atoms with van der Waals surface area (Å²) in [6.07, 6.45) is 0.655. The third kappa shape index (κ3) is 3.51. The third-order valence-corrected chi connectivity index (χ3v) is 2.96. The van der Waals surface area contributed by atoms with Crippen molar-refractivity contribution in [3.8, 4) is 5.75 Å². The van der Waals surface area contributed by atoms with E-state index in [2.05, 4.69) is 0 Å². The number of rotatable bonds is 5. The predicted molar refractivity (Wildman–Crippen MR) is 77.8 cm³/mol. The van der Waals surface area contributed by atoms with Crippen LogP contribution in [-0.2, 0) is 11.2 Å². The molecule has 0 atom stereocenters. The van der Waals surface area contributed by atoms with Crippen LogP contribution in [-0.4, -0.2) is 19.7 Å². The van der Waals surface area contributed by atoms with E-state index < -0.39 is 5.97 Å². The number of methoxy groups -OCH3 is 1. The van der Waals surface area contributed by atoms with Crippen molar-refractivity contribution in [1.29, 1.82) is 0 Å². The monoisotopic (exact) mass is 271 g/mol. The molecule has 0 unspecified atom stereocenters. The lowest BCUT2D eigenvalue weighted by atomic mass is 10.1. The zero-order valence-corrected chi connectivity index (χ0v) is 11.3. The summed E-state index contributed by atoms with van der Waals surface area (Å²) in [7, 11) is 1.63. The molecule has 0 bridgehead atoms. The molecule has 0 heterocycles. The van der Waals surface area contributed by atoms with Crippen molar-refractivity contribution in [3.05, 3.63) is 59.7 Å². The molecule has 0 aliphatic carbocycles. The number of ether oxygens (including phenoxy) is 2. The van der Waals surface area contributed by atoms with Gasteiger partial charge in [-0.05, 0) is 29.8 Å². The van der Waals surface area contributed by atoms with E-state index in [1.165, 1.54) is 0 Å². The van der Waals surface area contributed by atoms with E-state index in [1.54, 1.807) is 31.4 Å². The van der Waals surface area contributed by atoms with Crippen LogP contribution in [0.5, 0.6) is 5.75 Å². The molecule has 0 spiro atoms. The van der Waals surface area contributed by atoms with Crippen LogP contribution in [0.1, 0.15) is 15.9 Å². The quantitative estimate of drug-likeness (QED) is 0.671. The minimum absolute atomic E-state index is 0.319. The molecule has 2 aromatic carbocycles. The summed E-state index contributed by atoms with van der Waals surface area (Å²) in [5.41, 5.74) is 7.64. The molecule has 0 amide bonds. The van der Waals surface area contributed by atoms with E-state index in [-0.39, 0.29) is 0 Å². The number of carbonyl (C=O) groups excluding carboxylic acids is 1. The first-order valence-electron chi connectivity index (χ1n) is 6.35. The second-order valence-corrected chi connectivity index (χ2v) is 4.32. The van der Waals surface area contributed by atoms with Crippen molar-refractivity contribution in [2.24, 2.45) is 0 Å². The van der Waals surface area contributed by atoms with E-state index in [4.69, 9.17) is 15.2 Å². The van der Waals surface area contributed by atoms with Gasteiger partial charge in [0.05, 0.1) is 19.3 Å². The molecular weight excluding hydrogens is 254 g/mol. The highest BCUT2D eigenvalue weighted by Crippen LogP contribution is 2.13. The van der Waals surface area contributed by atoms with Gasteiger partial charge in [0.25, 0.3) is 0 Å². The van der Waals surface area contributed by atoms with Gasteiger partial charge >= 0.3 is 5.97 Å². The molecule has 0 aliphatic heterocycles. The van der Waals surface area contributed by atoms with Crippen LogP contribution in [0.15, 0.2) is 48.5 Å². The van der Waals surface area contributed by atoms with Crippen LogP contribution in [0.2, 0.25) is 0 Å². The Morgan fingerprint density at radius 3 is 2.45 bits per heavy atom. The summed E-state index contributed by atoms with van der Waals surface area (Å²) < 4.78 is 10.3. The number of benzene rings is 2. The SMILES string of the molecule is COc1ccc(CCOC(=O)c2ccccc2N)cc1. The lowest BCUT2D eigenvalue weighted by Gasteiger charge is -2.07. The highest BCUT2D eigenvalue weighted by molar-refractivity contribution is 5.94. The summed E-state index contributed by atoms with van der Waals surface area (Å²) in [6, 6.07) is 14.5. The second kappa shape index (κ2) is 6.61. The Kier molecular flexibility index (Phi) is 4.60. The number of hydrogen-bond donors (Lipinski definition) is 1. The van der Waals surface area contributed by atoms with Gasteiger partial charge in [-0.2, -0.15) is 0 Å². The minimum atomic E-state index is -0.392. The van der Waals surface area contributed by atoms with Gasteiger partial charge in [-0.25, -0.2) is 4.79 Å². The number of nitrogen functional groups attached to an aromatic ring is 1. The molecule has 2 aromatic rings.